The van der Waals surface area contributed by atoms with Crippen molar-refractivity contribution in [3.8, 4) is 5.88 Å². The van der Waals surface area contributed by atoms with E-state index >= 15 is 0 Å². The van der Waals surface area contributed by atoms with Crippen molar-refractivity contribution in [2.45, 2.75) is 6.04 Å². The fourth-order valence-corrected chi connectivity index (χ4v) is 1.85. The third-order valence-corrected chi connectivity index (χ3v) is 2.70. The van der Waals surface area contributed by atoms with Crippen LogP contribution in [0.3, 0.4) is 0 Å². The van der Waals surface area contributed by atoms with Gasteiger partial charge in [-0.25, -0.2) is 4.98 Å². The second-order valence-corrected chi connectivity index (χ2v) is 4.28. The van der Waals surface area contributed by atoms with E-state index in [4.69, 9.17) is 10.5 Å². The molecule has 1 atom stereocenters. The van der Waals surface area contributed by atoms with Gasteiger partial charge in [0, 0.05) is 29.3 Å². The minimum atomic E-state index is -0.413. The second kappa shape index (κ2) is 5.20. The summed E-state index contributed by atoms with van der Waals surface area (Å²) in [5.74, 6) is 0.431. The van der Waals surface area contributed by atoms with E-state index in [0.29, 0.717) is 11.6 Å². The Bertz CT molecular complexity index is 520. The summed E-state index contributed by atoms with van der Waals surface area (Å²) in [5, 5.41) is 0. The maximum Gasteiger partial charge on any atom is 0.237 e. The van der Waals surface area contributed by atoms with Crippen LogP contribution in [0.2, 0.25) is 0 Å². The Labute approximate surface area is 107 Å². The van der Waals surface area contributed by atoms with Crippen molar-refractivity contribution in [1.29, 1.82) is 0 Å². The Morgan fingerprint density at radius 2 is 2.06 bits per heavy atom. The molecule has 2 rings (SSSR count). The first kappa shape index (κ1) is 11.9. The Morgan fingerprint density at radius 1 is 1.29 bits per heavy atom. The molecule has 88 valence electrons. The summed E-state index contributed by atoms with van der Waals surface area (Å²) in [6, 6.07) is 1.48. The van der Waals surface area contributed by atoms with Crippen LogP contribution in [0.4, 0.5) is 0 Å². The minimum absolute atomic E-state index is 0.413. The maximum absolute atomic E-state index is 6.12. The third-order valence-electron chi connectivity index (χ3n) is 2.26. The number of methoxy groups -OCH3 is 1. The molecule has 0 aliphatic rings. The summed E-state index contributed by atoms with van der Waals surface area (Å²) in [4.78, 5) is 12.3. The third kappa shape index (κ3) is 2.59. The van der Waals surface area contributed by atoms with E-state index in [9.17, 15) is 0 Å². The second-order valence-electron chi connectivity index (χ2n) is 3.37. The highest BCUT2D eigenvalue weighted by molar-refractivity contribution is 9.10. The molecule has 2 N–H and O–H groups in total. The number of nitrogens with zero attached hydrogens (tertiary/aromatic N) is 3. The van der Waals surface area contributed by atoms with Crippen molar-refractivity contribution in [1.82, 2.24) is 15.0 Å². The van der Waals surface area contributed by atoms with Gasteiger partial charge < -0.3 is 10.5 Å². The normalized spacial score (nSPS) is 12.2. The van der Waals surface area contributed by atoms with Gasteiger partial charge in [-0.3, -0.25) is 9.97 Å². The van der Waals surface area contributed by atoms with Gasteiger partial charge in [-0.2, -0.15) is 0 Å². The van der Waals surface area contributed by atoms with E-state index in [1.54, 1.807) is 31.9 Å². The van der Waals surface area contributed by atoms with Crippen LogP contribution in [0.15, 0.2) is 35.3 Å². The van der Waals surface area contributed by atoms with Gasteiger partial charge in [0.05, 0.1) is 13.2 Å². The first-order chi connectivity index (χ1) is 8.22. The van der Waals surface area contributed by atoms with Crippen LogP contribution in [0, 0.1) is 0 Å². The quantitative estimate of drug-likeness (QED) is 0.932. The standard InChI is InChI=1S/C11H11BrN4O/c1-17-11-10(15-2-3-16-11)9(13)7-4-8(12)6-14-5-7/h2-6,9H,13H2,1H3. The van der Waals surface area contributed by atoms with Crippen LogP contribution in [0.25, 0.3) is 0 Å². The van der Waals surface area contributed by atoms with E-state index in [1.807, 2.05) is 6.07 Å². The van der Waals surface area contributed by atoms with Gasteiger partial charge >= 0.3 is 0 Å². The van der Waals surface area contributed by atoms with E-state index in [-0.39, 0.29) is 0 Å². The number of rotatable bonds is 3. The van der Waals surface area contributed by atoms with E-state index in [1.165, 1.54) is 0 Å². The predicted molar refractivity (Wildman–Crippen MR) is 66.6 cm³/mol. The summed E-state index contributed by atoms with van der Waals surface area (Å²) >= 11 is 3.35. The monoisotopic (exact) mass is 294 g/mol. The fourth-order valence-electron chi connectivity index (χ4n) is 1.46. The molecule has 5 nitrogen and oxygen atoms in total. The summed E-state index contributed by atoms with van der Waals surface area (Å²) in [7, 11) is 1.54. The lowest BCUT2D eigenvalue weighted by atomic mass is 10.1. The summed E-state index contributed by atoms with van der Waals surface area (Å²) < 4.78 is 6.00. The topological polar surface area (TPSA) is 73.9 Å². The number of halogens is 1. The molecule has 0 saturated heterocycles. The Kier molecular flexibility index (Phi) is 3.65. The molecular formula is C11H11BrN4O. The molecule has 0 spiro atoms. The average molecular weight is 295 g/mol. The lowest BCUT2D eigenvalue weighted by Gasteiger charge is -2.13. The summed E-state index contributed by atoms with van der Waals surface area (Å²) in [6.07, 6.45) is 6.55. The molecule has 0 amide bonds. The Morgan fingerprint density at radius 3 is 2.76 bits per heavy atom. The van der Waals surface area contributed by atoms with Crippen molar-refractivity contribution in [2.75, 3.05) is 7.11 Å². The van der Waals surface area contributed by atoms with Gasteiger partial charge in [-0.1, -0.05) is 0 Å². The lowest BCUT2D eigenvalue weighted by Crippen LogP contribution is -2.15. The SMILES string of the molecule is COc1nccnc1C(N)c1cncc(Br)c1. The molecule has 0 aliphatic carbocycles. The van der Waals surface area contributed by atoms with Crippen molar-refractivity contribution >= 4 is 15.9 Å². The highest BCUT2D eigenvalue weighted by atomic mass is 79.9. The van der Waals surface area contributed by atoms with Crippen LogP contribution in [0.5, 0.6) is 5.88 Å². The number of aromatic nitrogens is 3. The molecule has 0 aliphatic heterocycles. The molecule has 1 unspecified atom stereocenters. The molecule has 2 heterocycles. The zero-order valence-electron chi connectivity index (χ0n) is 9.17. The molecule has 2 aromatic heterocycles. The van der Waals surface area contributed by atoms with Gasteiger partial charge in [0.1, 0.15) is 5.69 Å². The van der Waals surface area contributed by atoms with E-state index < -0.39 is 6.04 Å². The smallest absolute Gasteiger partial charge is 0.237 e. The zero-order valence-corrected chi connectivity index (χ0v) is 10.8. The molecule has 17 heavy (non-hydrogen) atoms. The zero-order chi connectivity index (χ0) is 12.3. The number of nitrogens with two attached hydrogens (primary N) is 1. The maximum atomic E-state index is 6.12. The van der Waals surface area contributed by atoms with Gasteiger partial charge in [-0.15, -0.1) is 0 Å². The number of ether oxygens (including phenoxy) is 1. The molecule has 0 fully saturated rings. The number of hydrogen-bond acceptors (Lipinski definition) is 5. The minimum Gasteiger partial charge on any atom is -0.480 e. The first-order valence-electron chi connectivity index (χ1n) is 4.93. The lowest BCUT2D eigenvalue weighted by molar-refractivity contribution is 0.387. The Balaban J connectivity index is 2.40. The molecule has 0 bridgehead atoms. The van der Waals surface area contributed by atoms with Crippen molar-refractivity contribution in [3.05, 3.63) is 46.6 Å². The van der Waals surface area contributed by atoms with Crippen LogP contribution in [0.1, 0.15) is 17.3 Å². The van der Waals surface area contributed by atoms with Crippen molar-refractivity contribution in [2.24, 2.45) is 5.73 Å². The predicted octanol–water partition coefficient (Wildman–Crippen LogP) is 1.69. The van der Waals surface area contributed by atoms with Crippen LogP contribution >= 0.6 is 15.9 Å². The largest absolute Gasteiger partial charge is 0.480 e. The summed E-state index contributed by atoms with van der Waals surface area (Å²) in [6.45, 7) is 0. The summed E-state index contributed by atoms with van der Waals surface area (Å²) in [5.41, 5.74) is 7.56. The van der Waals surface area contributed by atoms with Gasteiger partial charge in [-0.05, 0) is 27.6 Å². The van der Waals surface area contributed by atoms with Crippen LogP contribution < -0.4 is 10.5 Å². The molecule has 0 saturated carbocycles. The van der Waals surface area contributed by atoms with Crippen molar-refractivity contribution in [3.63, 3.8) is 0 Å². The Hall–Kier alpha value is -1.53. The van der Waals surface area contributed by atoms with Gasteiger partial charge in [0.2, 0.25) is 5.88 Å². The molecule has 2 aromatic rings. The molecule has 0 aromatic carbocycles. The van der Waals surface area contributed by atoms with Crippen LogP contribution in [-0.4, -0.2) is 22.1 Å². The van der Waals surface area contributed by atoms with Gasteiger partial charge in [0.25, 0.3) is 0 Å². The molecule has 6 heteroatoms. The van der Waals surface area contributed by atoms with E-state index in [0.717, 1.165) is 10.0 Å². The van der Waals surface area contributed by atoms with Crippen molar-refractivity contribution < 1.29 is 4.74 Å². The fraction of sp³-hybridized carbons (Fsp3) is 0.182. The number of hydrogen-bond donors (Lipinski definition) is 1. The molecule has 0 radical (unpaired) electrons. The average Bonchev–Trinajstić information content (AvgIpc) is 2.38. The first-order valence-corrected chi connectivity index (χ1v) is 5.72. The van der Waals surface area contributed by atoms with Gasteiger partial charge in [0.15, 0.2) is 0 Å². The highest BCUT2D eigenvalue weighted by Gasteiger charge is 2.16. The van der Waals surface area contributed by atoms with Crippen LogP contribution in [-0.2, 0) is 0 Å². The molecular weight excluding hydrogens is 284 g/mol. The highest BCUT2D eigenvalue weighted by Crippen LogP contribution is 2.24. The number of pyridine rings is 1. The van der Waals surface area contributed by atoms with E-state index in [2.05, 4.69) is 30.9 Å².